The van der Waals surface area contributed by atoms with Gasteiger partial charge in [-0.05, 0) is 109 Å². The van der Waals surface area contributed by atoms with Crippen molar-refractivity contribution in [2.45, 2.75) is 105 Å². The van der Waals surface area contributed by atoms with E-state index in [2.05, 4.69) is 65.2 Å². The third-order valence-corrected chi connectivity index (χ3v) is 10.0. The number of pyridine rings is 2. The molecule has 0 saturated heterocycles. The van der Waals surface area contributed by atoms with E-state index in [0.717, 1.165) is 58.6 Å². The molecule has 2 aliphatic carbocycles. The minimum Gasteiger partial charge on any atom is -0.372 e. The molecule has 3 aromatic rings. The molecule has 0 bridgehead atoms. The molecule has 4 heteroatoms. The van der Waals surface area contributed by atoms with Gasteiger partial charge in [0.05, 0.1) is 36.8 Å². The summed E-state index contributed by atoms with van der Waals surface area (Å²) in [6, 6.07) is 20.0. The molecule has 242 valence electrons. The maximum absolute atomic E-state index is 6.45. The summed E-state index contributed by atoms with van der Waals surface area (Å²) in [4.78, 5) is 9.61. The monoisotopic (exact) mass is 616 g/mol. The van der Waals surface area contributed by atoms with Crippen LogP contribution in [-0.2, 0) is 22.7 Å². The van der Waals surface area contributed by atoms with Crippen molar-refractivity contribution in [2.24, 2.45) is 35.5 Å². The Balaban J connectivity index is 1.23. The largest absolute Gasteiger partial charge is 0.372 e. The Kier molecular flexibility index (Phi) is 12.1. The predicted octanol–water partition coefficient (Wildman–Crippen LogP) is 9.23. The van der Waals surface area contributed by atoms with Gasteiger partial charge in [-0.1, -0.05) is 90.5 Å². The van der Waals surface area contributed by atoms with Crippen molar-refractivity contribution in [1.82, 2.24) is 9.97 Å². The van der Waals surface area contributed by atoms with Gasteiger partial charge in [0.25, 0.3) is 0 Å². The molecule has 0 spiro atoms. The van der Waals surface area contributed by atoms with Crippen LogP contribution in [-0.4, -0.2) is 22.2 Å². The SMILES string of the molecule is CC(C)[C@@H]1CC[C@@H](C)C[C@H]1OCc1cccc(C#Cc2ccccc2C#Cc2cccc(CO[C@@H]3C[C@H](C)CC[C@H]3C(C)C)n2)n1. The molecule has 4 nitrogen and oxygen atoms in total. The molecule has 0 amide bonds. The summed E-state index contributed by atoms with van der Waals surface area (Å²) in [7, 11) is 0. The van der Waals surface area contributed by atoms with E-state index >= 15 is 0 Å². The maximum atomic E-state index is 6.45. The van der Waals surface area contributed by atoms with Crippen LogP contribution in [0.25, 0.3) is 0 Å². The summed E-state index contributed by atoms with van der Waals surface area (Å²) >= 11 is 0. The van der Waals surface area contributed by atoms with Crippen molar-refractivity contribution in [3.05, 3.63) is 94.6 Å². The van der Waals surface area contributed by atoms with Gasteiger partial charge in [-0.2, -0.15) is 0 Å². The first-order valence-electron chi connectivity index (χ1n) is 17.5. The van der Waals surface area contributed by atoms with E-state index in [1.54, 1.807) is 0 Å². The first kappa shape index (κ1) is 33.9. The number of rotatable bonds is 8. The quantitative estimate of drug-likeness (QED) is 0.237. The van der Waals surface area contributed by atoms with E-state index < -0.39 is 0 Å². The van der Waals surface area contributed by atoms with Crippen molar-refractivity contribution in [2.75, 3.05) is 0 Å². The predicted molar refractivity (Wildman–Crippen MR) is 187 cm³/mol. The number of hydrogen-bond donors (Lipinski definition) is 0. The van der Waals surface area contributed by atoms with Crippen LogP contribution in [0.15, 0.2) is 60.7 Å². The van der Waals surface area contributed by atoms with E-state index in [0.29, 0.717) is 49.1 Å². The Hall–Kier alpha value is -3.44. The Morgan fingerprint density at radius 3 is 1.43 bits per heavy atom. The summed E-state index contributed by atoms with van der Waals surface area (Å²) in [5, 5.41) is 0. The average molecular weight is 617 g/mol. The van der Waals surface area contributed by atoms with Gasteiger partial charge in [-0.3, -0.25) is 0 Å². The minimum atomic E-state index is 0.298. The fraction of sp³-hybridized carbons (Fsp3) is 0.524. The minimum absolute atomic E-state index is 0.298. The normalized spacial score (nSPS) is 24.6. The zero-order valence-corrected chi connectivity index (χ0v) is 28.8. The lowest BCUT2D eigenvalue weighted by molar-refractivity contribution is -0.0484. The number of ether oxygens (including phenoxy) is 2. The molecule has 6 atom stereocenters. The van der Waals surface area contributed by atoms with Crippen molar-refractivity contribution in [3.63, 3.8) is 0 Å². The lowest BCUT2D eigenvalue weighted by atomic mass is 9.75. The van der Waals surface area contributed by atoms with Crippen molar-refractivity contribution >= 4 is 0 Å². The van der Waals surface area contributed by atoms with E-state index in [1.807, 2.05) is 60.7 Å². The number of nitrogens with zero attached hydrogens (tertiary/aromatic N) is 2. The fourth-order valence-electron chi connectivity index (χ4n) is 7.22. The third-order valence-electron chi connectivity index (χ3n) is 10.0. The van der Waals surface area contributed by atoms with Crippen LogP contribution in [0, 0.1) is 59.2 Å². The first-order chi connectivity index (χ1) is 22.2. The average Bonchev–Trinajstić information content (AvgIpc) is 3.05. The van der Waals surface area contributed by atoms with E-state index in [1.165, 1.54) is 25.7 Å². The molecule has 2 saturated carbocycles. The van der Waals surface area contributed by atoms with E-state index in [-0.39, 0.29) is 0 Å². The lowest BCUT2D eigenvalue weighted by Crippen LogP contribution is -2.34. The Bertz CT molecular complexity index is 1440. The smallest absolute Gasteiger partial charge is 0.113 e. The highest BCUT2D eigenvalue weighted by molar-refractivity contribution is 5.53. The van der Waals surface area contributed by atoms with Crippen LogP contribution in [0.4, 0.5) is 0 Å². The molecule has 2 aromatic heterocycles. The maximum Gasteiger partial charge on any atom is 0.113 e. The second-order valence-corrected chi connectivity index (χ2v) is 14.4. The topological polar surface area (TPSA) is 44.2 Å². The zero-order chi connectivity index (χ0) is 32.5. The Morgan fingerprint density at radius 2 is 1.02 bits per heavy atom. The molecule has 1 aromatic carbocycles. The summed E-state index contributed by atoms with van der Waals surface area (Å²) in [6.07, 6.45) is 7.96. The van der Waals surface area contributed by atoms with Gasteiger partial charge in [0.2, 0.25) is 0 Å². The molecule has 0 radical (unpaired) electrons. The number of aromatic nitrogens is 2. The molecule has 2 fully saturated rings. The Labute approximate surface area is 278 Å². The number of hydrogen-bond acceptors (Lipinski definition) is 4. The van der Waals surface area contributed by atoms with Gasteiger partial charge in [0.15, 0.2) is 0 Å². The lowest BCUT2D eigenvalue weighted by Gasteiger charge is -2.37. The molecule has 2 aliphatic rings. The van der Waals surface area contributed by atoms with Crippen LogP contribution >= 0.6 is 0 Å². The highest BCUT2D eigenvalue weighted by Gasteiger charge is 2.32. The van der Waals surface area contributed by atoms with E-state index in [4.69, 9.17) is 19.4 Å². The van der Waals surface area contributed by atoms with E-state index in [9.17, 15) is 0 Å². The molecule has 46 heavy (non-hydrogen) atoms. The Morgan fingerprint density at radius 1 is 0.587 bits per heavy atom. The highest BCUT2D eigenvalue weighted by Crippen LogP contribution is 2.36. The molecule has 0 unspecified atom stereocenters. The van der Waals surface area contributed by atoms with Gasteiger partial charge in [-0.25, -0.2) is 9.97 Å². The van der Waals surface area contributed by atoms with Crippen LogP contribution in [0.5, 0.6) is 0 Å². The summed E-state index contributed by atoms with van der Waals surface area (Å²) in [6.45, 7) is 15.0. The summed E-state index contributed by atoms with van der Waals surface area (Å²) < 4.78 is 12.9. The third kappa shape index (κ3) is 9.54. The van der Waals surface area contributed by atoms with Crippen LogP contribution < -0.4 is 0 Å². The molecular formula is C42H52N2O2. The molecule has 0 N–H and O–H groups in total. The second-order valence-electron chi connectivity index (χ2n) is 14.4. The first-order valence-corrected chi connectivity index (χ1v) is 17.5. The molecule has 0 aliphatic heterocycles. The van der Waals surface area contributed by atoms with Gasteiger partial charge in [0, 0.05) is 11.1 Å². The van der Waals surface area contributed by atoms with Crippen LogP contribution in [0.1, 0.15) is 114 Å². The zero-order valence-electron chi connectivity index (χ0n) is 28.8. The highest BCUT2D eigenvalue weighted by atomic mass is 16.5. The number of benzene rings is 1. The second kappa shape index (κ2) is 16.4. The van der Waals surface area contributed by atoms with Gasteiger partial charge in [-0.15, -0.1) is 0 Å². The van der Waals surface area contributed by atoms with Gasteiger partial charge < -0.3 is 9.47 Å². The van der Waals surface area contributed by atoms with Crippen molar-refractivity contribution in [3.8, 4) is 23.7 Å². The van der Waals surface area contributed by atoms with Crippen LogP contribution in [0.3, 0.4) is 0 Å². The summed E-state index contributed by atoms with van der Waals surface area (Å²) in [5.74, 6) is 17.1. The molecule has 2 heterocycles. The van der Waals surface area contributed by atoms with Gasteiger partial charge >= 0.3 is 0 Å². The van der Waals surface area contributed by atoms with Crippen molar-refractivity contribution < 1.29 is 9.47 Å². The molecular weight excluding hydrogens is 564 g/mol. The molecule has 5 rings (SSSR count). The standard InChI is InChI=1S/C42H52N2O2/c1-29(2)39-23-17-31(5)25-41(39)45-27-37-15-9-13-35(43-37)21-19-33-11-7-8-12-34(33)20-22-36-14-10-16-38(44-36)28-46-42-26-32(6)18-24-40(42)30(3)4/h7-16,29-32,39-42H,17-18,23-28H2,1-6H3/t31-,32-,39+,40+,41-,42-/m1/s1. The fourth-order valence-corrected chi connectivity index (χ4v) is 7.22. The van der Waals surface area contributed by atoms with Crippen LogP contribution in [0.2, 0.25) is 0 Å². The summed E-state index contributed by atoms with van der Waals surface area (Å²) in [5.41, 5.74) is 5.08. The van der Waals surface area contributed by atoms with Crippen molar-refractivity contribution in [1.29, 1.82) is 0 Å². The van der Waals surface area contributed by atoms with Gasteiger partial charge in [0.1, 0.15) is 11.4 Å².